The fourth-order valence-corrected chi connectivity index (χ4v) is 4.09. The van der Waals surface area contributed by atoms with Crippen LogP contribution in [0.25, 0.3) is 0 Å². The van der Waals surface area contributed by atoms with Crippen molar-refractivity contribution in [3.63, 3.8) is 0 Å². The summed E-state index contributed by atoms with van der Waals surface area (Å²) in [5, 5.41) is 0. The van der Waals surface area contributed by atoms with Crippen molar-refractivity contribution in [2.24, 2.45) is 0 Å². The molecule has 0 amide bonds. The zero-order valence-corrected chi connectivity index (χ0v) is 12.7. The fourth-order valence-electron chi connectivity index (χ4n) is 1.80. The van der Waals surface area contributed by atoms with Crippen molar-refractivity contribution < 1.29 is 12.8 Å². The highest BCUT2D eigenvalue weighted by atomic mass is 32.2. The molecule has 2 rings (SSSR count). The van der Waals surface area contributed by atoms with E-state index in [9.17, 15) is 12.8 Å². The molecule has 1 aromatic carbocycles. The molecule has 4 nitrogen and oxygen atoms in total. The lowest BCUT2D eigenvalue weighted by Gasteiger charge is -2.14. The van der Waals surface area contributed by atoms with Crippen molar-refractivity contribution >= 4 is 27.0 Å². The summed E-state index contributed by atoms with van der Waals surface area (Å²) in [4.78, 5) is 1.90. The molecule has 1 unspecified atom stereocenters. The number of hydrogen-bond acceptors (Lipinski definition) is 4. The van der Waals surface area contributed by atoms with E-state index in [0.717, 1.165) is 21.9 Å². The predicted molar refractivity (Wildman–Crippen MR) is 78.6 cm³/mol. The third kappa shape index (κ3) is 3.17. The first-order chi connectivity index (χ1) is 9.29. The molecular weight excluding hydrogens is 299 g/mol. The number of aryl methyl sites for hydroxylation is 1. The molecule has 0 radical (unpaired) electrons. The van der Waals surface area contributed by atoms with Crippen LogP contribution in [0.1, 0.15) is 22.7 Å². The van der Waals surface area contributed by atoms with Gasteiger partial charge in [0.05, 0.1) is 11.7 Å². The number of nitrogens with two attached hydrogens (primary N) is 1. The van der Waals surface area contributed by atoms with Crippen molar-refractivity contribution in [1.82, 2.24) is 4.72 Å². The maximum Gasteiger partial charge on any atom is 0.243 e. The van der Waals surface area contributed by atoms with Crippen LogP contribution in [0.3, 0.4) is 0 Å². The molecule has 1 aromatic heterocycles. The standard InChI is InChI=1S/C13H15FN2O2S2/c1-8-3-5-12(19-8)9(2)16-20(17,18)13-6-4-10(14)7-11(13)15/h3-7,9,16H,15H2,1-2H3. The van der Waals surface area contributed by atoms with E-state index in [-0.39, 0.29) is 16.6 Å². The van der Waals surface area contributed by atoms with Gasteiger partial charge in [0.2, 0.25) is 10.0 Å². The minimum atomic E-state index is -3.78. The Morgan fingerprint density at radius 2 is 2.00 bits per heavy atom. The van der Waals surface area contributed by atoms with E-state index in [0.29, 0.717) is 0 Å². The Hall–Kier alpha value is -1.44. The molecule has 7 heteroatoms. The first-order valence-electron chi connectivity index (χ1n) is 5.93. The van der Waals surface area contributed by atoms with Gasteiger partial charge in [0.1, 0.15) is 10.7 Å². The van der Waals surface area contributed by atoms with Crippen LogP contribution in [-0.4, -0.2) is 8.42 Å². The molecule has 20 heavy (non-hydrogen) atoms. The van der Waals surface area contributed by atoms with Crippen molar-refractivity contribution in [3.05, 3.63) is 45.9 Å². The molecule has 108 valence electrons. The maximum absolute atomic E-state index is 13.0. The smallest absolute Gasteiger partial charge is 0.243 e. The molecule has 0 saturated heterocycles. The largest absolute Gasteiger partial charge is 0.398 e. The zero-order chi connectivity index (χ0) is 14.9. The highest BCUT2D eigenvalue weighted by Gasteiger charge is 2.21. The highest BCUT2D eigenvalue weighted by molar-refractivity contribution is 7.89. The van der Waals surface area contributed by atoms with Crippen LogP contribution >= 0.6 is 11.3 Å². The van der Waals surface area contributed by atoms with E-state index in [1.54, 1.807) is 6.92 Å². The number of rotatable bonds is 4. The number of hydrogen-bond donors (Lipinski definition) is 2. The van der Waals surface area contributed by atoms with E-state index in [4.69, 9.17) is 5.73 Å². The number of nitrogen functional groups attached to an aromatic ring is 1. The van der Waals surface area contributed by atoms with E-state index in [1.165, 1.54) is 17.4 Å². The van der Waals surface area contributed by atoms with Crippen LogP contribution in [0.5, 0.6) is 0 Å². The van der Waals surface area contributed by atoms with Crippen molar-refractivity contribution in [2.45, 2.75) is 24.8 Å². The SMILES string of the molecule is Cc1ccc(C(C)NS(=O)(=O)c2ccc(F)cc2N)s1. The van der Waals surface area contributed by atoms with Crippen LogP contribution in [0, 0.1) is 12.7 Å². The second kappa shape index (κ2) is 5.51. The summed E-state index contributed by atoms with van der Waals surface area (Å²) < 4.78 is 40.0. The van der Waals surface area contributed by atoms with Gasteiger partial charge < -0.3 is 5.73 Å². The molecule has 0 aliphatic heterocycles. The minimum absolute atomic E-state index is 0.105. The van der Waals surface area contributed by atoms with Gasteiger partial charge >= 0.3 is 0 Å². The van der Waals surface area contributed by atoms with Crippen LogP contribution in [0.4, 0.5) is 10.1 Å². The van der Waals surface area contributed by atoms with Gasteiger partial charge in [-0.05, 0) is 44.2 Å². The summed E-state index contributed by atoms with van der Waals surface area (Å²) in [5.41, 5.74) is 5.46. The number of thiophene rings is 1. The molecule has 0 bridgehead atoms. The summed E-state index contributed by atoms with van der Waals surface area (Å²) >= 11 is 1.52. The van der Waals surface area contributed by atoms with Gasteiger partial charge in [-0.2, -0.15) is 0 Å². The van der Waals surface area contributed by atoms with Crippen molar-refractivity contribution in [1.29, 1.82) is 0 Å². The molecule has 2 aromatic rings. The molecule has 0 spiro atoms. The minimum Gasteiger partial charge on any atom is -0.398 e. The van der Waals surface area contributed by atoms with Crippen molar-refractivity contribution in [3.8, 4) is 0 Å². The highest BCUT2D eigenvalue weighted by Crippen LogP contribution is 2.25. The molecule has 0 fully saturated rings. The van der Waals surface area contributed by atoms with Gasteiger partial charge in [-0.1, -0.05) is 0 Å². The summed E-state index contributed by atoms with van der Waals surface area (Å²) in [6, 6.07) is 6.67. The molecule has 0 saturated carbocycles. The number of nitrogens with one attached hydrogen (secondary N) is 1. The summed E-state index contributed by atoms with van der Waals surface area (Å²) in [5.74, 6) is -0.566. The normalized spacial score (nSPS) is 13.3. The van der Waals surface area contributed by atoms with Gasteiger partial charge in [0, 0.05) is 9.75 Å². The fraction of sp³-hybridized carbons (Fsp3) is 0.231. The Bertz CT molecular complexity index is 726. The third-order valence-electron chi connectivity index (χ3n) is 2.78. The quantitative estimate of drug-likeness (QED) is 0.852. The Morgan fingerprint density at radius 1 is 1.30 bits per heavy atom. The van der Waals surface area contributed by atoms with Gasteiger partial charge in [-0.15, -0.1) is 11.3 Å². The number of benzene rings is 1. The molecule has 3 N–H and O–H groups in total. The molecule has 1 heterocycles. The van der Waals surface area contributed by atoms with E-state index in [1.807, 2.05) is 19.1 Å². The predicted octanol–water partition coefficient (Wildman–Crippen LogP) is 2.82. The Morgan fingerprint density at radius 3 is 2.55 bits per heavy atom. The van der Waals surface area contributed by atoms with Gasteiger partial charge in [0.25, 0.3) is 0 Å². The van der Waals surface area contributed by atoms with E-state index in [2.05, 4.69) is 4.72 Å². The van der Waals surface area contributed by atoms with Crippen molar-refractivity contribution in [2.75, 3.05) is 5.73 Å². The second-order valence-electron chi connectivity index (χ2n) is 4.47. The lowest BCUT2D eigenvalue weighted by molar-refractivity contribution is 0.568. The third-order valence-corrected chi connectivity index (χ3v) is 5.58. The summed E-state index contributed by atoms with van der Waals surface area (Å²) in [6.07, 6.45) is 0. The van der Waals surface area contributed by atoms with Gasteiger partial charge in [-0.25, -0.2) is 17.5 Å². The Balaban J connectivity index is 2.27. The average Bonchev–Trinajstić information content (AvgIpc) is 2.74. The van der Waals surface area contributed by atoms with Gasteiger partial charge in [-0.3, -0.25) is 0 Å². The van der Waals surface area contributed by atoms with E-state index < -0.39 is 15.8 Å². The molecule has 0 aliphatic rings. The number of sulfonamides is 1. The topological polar surface area (TPSA) is 72.2 Å². The first kappa shape index (κ1) is 15.0. The second-order valence-corrected chi connectivity index (χ2v) is 7.48. The van der Waals surface area contributed by atoms with Crippen LogP contribution < -0.4 is 10.5 Å². The first-order valence-corrected chi connectivity index (χ1v) is 8.23. The lowest BCUT2D eigenvalue weighted by atomic mass is 10.3. The monoisotopic (exact) mass is 314 g/mol. The van der Waals surface area contributed by atoms with Crippen LogP contribution in [-0.2, 0) is 10.0 Å². The van der Waals surface area contributed by atoms with Crippen LogP contribution in [0.2, 0.25) is 0 Å². The number of halogens is 1. The average molecular weight is 314 g/mol. The summed E-state index contributed by atoms with van der Waals surface area (Å²) in [7, 11) is -3.78. The molecule has 1 atom stereocenters. The molecular formula is C13H15FN2O2S2. The zero-order valence-electron chi connectivity index (χ0n) is 11.1. The lowest BCUT2D eigenvalue weighted by Crippen LogP contribution is -2.27. The van der Waals surface area contributed by atoms with Crippen LogP contribution in [0.15, 0.2) is 35.2 Å². The Kier molecular flexibility index (Phi) is 4.12. The molecule has 0 aliphatic carbocycles. The van der Waals surface area contributed by atoms with Gasteiger partial charge in [0.15, 0.2) is 0 Å². The van der Waals surface area contributed by atoms with E-state index >= 15 is 0 Å². The Labute approximate surface area is 121 Å². The summed E-state index contributed by atoms with van der Waals surface area (Å²) in [6.45, 7) is 3.70. The number of anilines is 1. The maximum atomic E-state index is 13.0.